The fourth-order valence-electron chi connectivity index (χ4n) is 4.58. The van der Waals surface area contributed by atoms with Crippen LogP contribution in [0.3, 0.4) is 0 Å². The highest BCUT2D eigenvalue weighted by atomic mass is 16.2. The number of nitrogens with one attached hydrogen (secondary N) is 2. The molecule has 2 saturated heterocycles. The van der Waals surface area contributed by atoms with Gasteiger partial charge in [0, 0.05) is 0 Å². The number of nitrogens with zero attached hydrogens (tertiary/aromatic N) is 1. The minimum atomic E-state index is -1.50. The van der Waals surface area contributed by atoms with Crippen molar-refractivity contribution in [1.29, 1.82) is 0 Å². The summed E-state index contributed by atoms with van der Waals surface area (Å²) >= 11 is 0. The highest BCUT2D eigenvalue weighted by molar-refractivity contribution is 6.08. The molecule has 4 N–H and O–H groups in total. The van der Waals surface area contributed by atoms with Crippen molar-refractivity contribution in [2.45, 2.75) is 17.1 Å². The lowest BCUT2D eigenvalue weighted by atomic mass is 9.60. The predicted octanol–water partition coefficient (Wildman–Crippen LogP) is 0.426. The van der Waals surface area contributed by atoms with Gasteiger partial charge >= 0.3 is 11.9 Å². The summed E-state index contributed by atoms with van der Waals surface area (Å²) in [6, 6.07) is 16.2. The number of primary amides is 1. The Morgan fingerprint density at radius 1 is 0.926 bits per heavy atom. The first-order valence-corrected chi connectivity index (χ1v) is 8.40. The van der Waals surface area contributed by atoms with Crippen LogP contribution >= 0.6 is 0 Å². The van der Waals surface area contributed by atoms with Crippen LogP contribution in [0.1, 0.15) is 11.1 Å². The molecule has 0 saturated carbocycles. The van der Waals surface area contributed by atoms with Gasteiger partial charge in [0.25, 0.3) is 0 Å². The number of hydrogen-bond acceptors (Lipinski definition) is 3. The predicted molar refractivity (Wildman–Crippen MR) is 95.6 cm³/mol. The summed E-state index contributed by atoms with van der Waals surface area (Å²) in [7, 11) is 0. The van der Waals surface area contributed by atoms with Crippen molar-refractivity contribution in [3.8, 4) is 0 Å². The molecule has 7 nitrogen and oxygen atoms in total. The number of fused-ring (bicyclic) bond motifs is 1. The van der Waals surface area contributed by atoms with Gasteiger partial charge in [-0.25, -0.2) is 6.57 Å². The molecule has 7 heteroatoms. The summed E-state index contributed by atoms with van der Waals surface area (Å²) in [5.41, 5.74) is 3.77. The smallest absolute Gasteiger partial charge is 0.315 e. The van der Waals surface area contributed by atoms with Crippen LogP contribution in [0.25, 0.3) is 4.85 Å². The molecule has 27 heavy (non-hydrogen) atoms. The van der Waals surface area contributed by atoms with Gasteiger partial charge in [-0.15, -0.1) is 0 Å². The van der Waals surface area contributed by atoms with Crippen molar-refractivity contribution in [2.24, 2.45) is 11.7 Å². The summed E-state index contributed by atoms with van der Waals surface area (Å²) in [5.74, 6) is -3.41. The van der Waals surface area contributed by atoms with Gasteiger partial charge in [-0.3, -0.25) is 14.4 Å². The van der Waals surface area contributed by atoms with Crippen LogP contribution in [0.5, 0.6) is 0 Å². The van der Waals surface area contributed by atoms with E-state index in [1.54, 1.807) is 60.7 Å². The van der Waals surface area contributed by atoms with E-state index in [9.17, 15) is 14.4 Å². The molecule has 2 fully saturated rings. The van der Waals surface area contributed by atoms with Gasteiger partial charge in [0.1, 0.15) is 11.3 Å². The van der Waals surface area contributed by atoms with Crippen LogP contribution < -0.4 is 16.4 Å². The molecule has 0 aliphatic carbocycles. The third-order valence-corrected chi connectivity index (χ3v) is 5.51. The number of carbonyl (C=O) groups is 3. The first kappa shape index (κ1) is 16.8. The summed E-state index contributed by atoms with van der Waals surface area (Å²) < 4.78 is 0. The Morgan fingerprint density at radius 3 is 1.96 bits per heavy atom. The Balaban J connectivity index is 2.14. The zero-order chi connectivity index (χ0) is 19.2. The second-order valence-electron chi connectivity index (χ2n) is 6.70. The zero-order valence-corrected chi connectivity index (χ0v) is 14.2. The summed E-state index contributed by atoms with van der Waals surface area (Å²) in [4.78, 5) is 41.6. The number of benzene rings is 2. The zero-order valence-electron chi connectivity index (χ0n) is 14.2. The van der Waals surface area contributed by atoms with Crippen molar-refractivity contribution in [3.63, 3.8) is 0 Å². The fraction of sp³-hybridized carbons (Fsp3) is 0.200. The molecule has 0 spiro atoms. The number of rotatable bonds is 3. The molecule has 2 aliphatic rings. The summed E-state index contributed by atoms with van der Waals surface area (Å²) in [6.07, 6.45) is 0. The average Bonchev–Trinajstić information content (AvgIpc) is 3.07. The van der Waals surface area contributed by atoms with E-state index >= 15 is 0 Å². The Morgan fingerprint density at radius 2 is 1.44 bits per heavy atom. The second kappa shape index (κ2) is 5.68. The maximum Gasteiger partial charge on any atom is 0.315 e. The maximum atomic E-state index is 12.9. The van der Waals surface area contributed by atoms with Gasteiger partial charge in [0.05, 0.1) is 0 Å². The maximum absolute atomic E-state index is 12.9. The van der Waals surface area contributed by atoms with E-state index in [-0.39, 0.29) is 0 Å². The average molecular weight is 360 g/mol. The van der Waals surface area contributed by atoms with Crippen LogP contribution in [0.4, 0.5) is 0 Å². The van der Waals surface area contributed by atoms with Crippen molar-refractivity contribution in [2.75, 3.05) is 0 Å². The highest BCUT2D eigenvalue weighted by Crippen LogP contribution is 2.57. The molecule has 2 heterocycles. The molecule has 134 valence electrons. The molecule has 2 aromatic carbocycles. The summed E-state index contributed by atoms with van der Waals surface area (Å²) in [6.45, 7) is 7.68. The van der Waals surface area contributed by atoms with Crippen LogP contribution in [-0.4, -0.2) is 23.8 Å². The van der Waals surface area contributed by atoms with Crippen LogP contribution in [0.2, 0.25) is 0 Å². The standard InChI is InChI=1S/C20H16N4O3/c1-22-15-18(27)24-20(13-10-6-3-7-11-13)19(15,12-8-4-2-5-9-12)14(16(21)25)17(26)23-20/h2-11,14-15H,(H2,21,25)(H,23,26)(H,24,27)/t14?,15?,19-,20+/m0/s1. The van der Waals surface area contributed by atoms with Gasteiger partial charge in [-0.05, 0) is 11.1 Å². The second-order valence-corrected chi connectivity index (χ2v) is 6.70. The molecular formula is C20H16N4O3. The third kappa shape index (κ3) is 1.92. The van der Waals surface area contributed by atoms with Crippen molar-refractivity contribution < 1.29 is 14.4 Å². The number of hydrogen-bond donors (Lipinski definition) is 3. The van der Waals surface area contributed by atoms with E-state index in [0.29, 0.717) is 11.1 Å². The lowest BCUT2D eigenvalue weighted by molar-refractivity contribution is -0.133. The Kier molecular flexibility index (Phi) is 3.53. The quantitative estimate of drug-likeness (QED) is 0.546. The van der Waals surface area contributed by atoms with Crippen molar-refractivity contribution in [1.82, 2.24) is 10.6 Å². The SMILES string of the molecule is [C-]#[N+]C1C(=O)N[C@@]2(c3ccccc3)NC(=O)C(C(N)=O)[C@@]12c1ccccc1. The topological polar surface area (TPSA) is 106 Å². The molecule has 2 aromatic rings. The third-order valence-electron chi connectivity index (χ3n) is 5.51. The van der Waals surface area contributed by atoms with E-state index in [1.165, 1.54) is 0 Å². The molecule has 4 atom stereocenters. The van der Waals surface area contributed by atoms with Crippen LogP contribution in [0.15, 0.2) is 60.7 Å². The highest BCUT2D eigenvalue weighted by Gasteiger charge is 2.80. The van der Waals surface area contributed by atoms with Gasteiger partial charge in [-0.2, -0.15) is 0 Å². The van der Waals surface area contributed by atoms with Gasteiger partial charge in [-0.1, -0.05) is 60.7 Å². The fourth-order valence-corrected chi connectivity index (χ4v) is 4.58. The Hall–Kier alpha value is -3.66. The molecule has 3 amide bonds. The monoisotopic (exact) mass is 360 g/mol. The largest absolute Gasteiger partial charge is 0.369 e. The van der Waals surface area contributed by atoms with Gasteiger partial charge < -0.3 is 21.2 Å². The van der Waals surface area contributed by atoms with Crippen molar-refractivity contribution in [3.05, 3.63) is 83.2 Å². The Bertz CT molecular complexity index is 985. The Labute approximate surface area is 155 Å². The first-order chi connectivity index (χ1) is 13.0. The molecule has 0 bridgehead atoms. The van der Waals surface area contributed by atoms with E-state index in [2.05, 4.69) is 15.5 Å². The molecule has 2 unspecified atom stereocenters. The minimum Gasteiger partial charge on any atom is -0.369 e. The molecule has 4 rings (SSSR count). The van der Waals surface area contributed by atoms with Crippen molar-refractivity contribution >= 4 is 17.7 Å². The lowest BCUT2D eigenvalue weighted by Crippen LogP contribution is -2.59. The first-order valence-electron chi connectivity index (χ1n) is 8.40. The molecule has 0 aromatic heterocycles. The van der Waals surface area contributed by atoms with E-state index in [4.69, 9.17) is 12.3 Å². The number of nitrogens with two attached hydrogens (primary N) is 1. The van der Waals surface area contributed by atoms with Gasteiger partial charge in [0.15, 0.2) is 5.66 Å². The van der Waals surface area contributed by atoms with Crippen LogP contribution in [-0.2, 0) is 25.5 Å². The lowest BCUT2D eigenvalue weighted by Gasteiger charge is -2.39. The normalized spacial score (nSPS) is 31.5. The van der Waals surface area contributed by atoms with Crippen LogP contribution in [0, 0.1) is 12.5 Å². The molecular weight excluding hydrogens is 344 g/mol. The van der Waals surface area contributed by atoms with Gasteiger partial charge in [0.2, 0.25) is 11.8 Å². The van der Waals surface area contributed by atoms with E-state index < -0.39 is 40.8 Å². The van der Waals surface area contributed by atoms with E-state index in [1.807, 2.05) is 0 Å². The summed E-state index contributed by atoms with van der Waals surface area (Å²) in [5, 5.41) is 5.60. The molecule has 0 radical (unpaired) electrons. The van der Waals surface area contributed by atoms with E-state index in [0.717, 1.165) is 0 Å². The number of amides is 3. The molecule has 2 aliphatic heterocycles. The number of carbonyl (C=O) groups excluding carboxylic acids is 3. The minimum absolute atomic E-state index is 0.523.